The zero-order valence-corrected chi connectivity index (χ0v) is 7.67. The molecule has 1 aromatic heterocycles. The first-order valence-electron chi connectivity index (χ1n) is 2.95. The van der Waals surface area contributed by atoms with Crippen molar-refractivity contribution in [2.45, 2.75) is 0 Å². The third-order valence-corrected chi connectivity index (χ3v) is 1.62. The summed E-state index contributed by atoms with van der Waals surface area (Å²) < 4.78 is 0. The van der Waals surface area contributed by atoms with Crippen LogP contribution in [0.1, 0.15) is 0 Å². The van der Waals surface area contributed by atoms with Crippen molar-refractivity contribution in [3.05, 3.63) is 29.5 Å². The van der Waals surface area contributed by atoms with E-state index in [1.807, 2.05) is 18.2 Å². The predicted molar refractivity (Wildman–Crippen MR) is 41.1 cm³/mol. The van der Waals surface area contributed by atoms with E-state index < -0.39 is 0 Å². The predicted octanol–water partition coefficient (Wildman–Crippen LogP) is 2.21. The van der Waals surface area contributed by atoms with E-state index >= 15 is 0 Å². The smallest absolute Gasteiger partial charge is 0.0931 e. The number of aromatic amines is 1. The second-order valence-corrected chi connectivity index (χ2v) is 2.50. The molecule has 1 radical (unpaired) electrons. The Kier molecular flexibility index (Phi) is 2.73. The van der Waals surface area contributed by atoms with Crippen LogP contribution in [0.3, 0.4) is 0 Å². The molecule has 0 amide bonds. The molecule has 1 N–H and O–H groups in total. The zero-order chi connectivity index (χ0) is 6.97. The fourth-order valence-electron chi connectivity index (χ4n) is 0.908. The van der Waals surface area contributed by atoms with Gasteiger partial charge >= 0.3 is 0 Å². The molecule has 0 fully saturated rings. The third kappa shape index (κ3) is 1.65. The van der Waals surface area contributed by atoms with Crippen molar-refractivity contribution in [3.8, 4) is 0 Å². The minimum Gasteiger partial charge on any atom is -0.345 e. The second-order valence-electron chi connectivity index (χ2n) is 2.06. The van der Waals surface area contributed by atoms with Gasteiger partial charge in [0.15, 0.2) is 0 Å². The standard InChI is InChI=1S/C7H5ClN2.Ag/c8-5-1-2-6-7(3-5)10-4-9-6;/h1-4H,(H,9,10);. The number of nitrogens with zero attached hydrogens (tertiary/aromatic N) is 1. The second kappa shape index (κ2) is 3.41. The molecule has 2 nitrogen and oxygen atoms in total. The molecule has 2 aromatic rings. The van der Waals surface area contributed by atoms with Gasteiger partial charge in [0, 0.05) is 27.4 Å². The Morgan fingerprint density at radius 3 is 3.00 bits per heavy atom. The largest absolute Gasteiger partial charge is 0.345 e. The molecule has 11 heavy (non-hydrogen) atoms. The third-order valence-electron chi connectivity index (χ3n) is 1.38. The molecule has 0 saturated carbocycles. The van der Waals surface area contributed by atoms with Gasteiger partial charge in [-0.05, 0) is 18.2 Å². The van der Waals surface area contributed by atoms with E-state index in [-0.39, 0.29) is 22.4 Å². The Morgan fingerprint density at radius 2 is 2.18 bits per heavy atom. The fourth-order valence-corrected chi connectivity index (χ4v) is 1.08. The molecule has 0 aliphatic rings. The Labute approximate surface area is 84.5 Å². The van der Waals surface area contributed by atoms with Gasteiger partial charge in [0.25, 0.3) is 0 Å². The monoisotopic (exact) mass is 259 g/mol. The Bertz CT molecular complexity index is 358. The molecule has 0 aliphatic heterocycles. The summed E-state index contributed by atoms with van der Waals surface area (Å²) >= 11 is 5.73. The molecule has 0 saturated heterocycles. The number of imidazole rings is 1. The van der Waals surface area contributed by atoms with Gasteiger partial charge in [-0.3, -0.25) is 0 Å². The van der Waals surface area contributed by atoms with Crippen LogP contribution in [0, 0.1) is 0 Å². The summed E-state index contributed by atoms with van der Waals surface area (Å²) in [6.45, 7) is 0. The molecule has 61 valence electrons. The average molecular weight is 260 g/mol. The topological polar surface area (TPSA) is 28.7 Å². The Morgan fingerprint density at radius 1 is 1.36 bits per heavy atom. The van der Waals surface area contributed by atoms with Crippen LogP contribution in [0.5, 0.6) is 0 Å². The van der Waals surface area contributed by atoms with Crippen molar-refractivity contribution in [2.75, 3.05) is 0 Å². The van der Waals surface area contributed by atoms with Gasteiger partial charge in [0.1, 0.15) is 0 Å². The van der Waals surface area contributed by atoms with Gasteiger partial charge in [0.2, 0.25) is 0 Å². The van der Waals surface area contributed by atoms with Crippen molar-refractivity contribution in [2.24, 2.45) is 0 Å². The Hall–Kier alpha value is -0.280. The Balaban J connectivity index is 0.000000605. The maximum Gasteiger partial charge on any atom is 0.0931 e. The molecule has 0 atom stereocenters. The van der Waals surface area contributed by atoms with Crippen LogP contribution >= 0.6 is 11.6 Å². The number of fused-ring (bicyclic) bond motifs is 1. The van der Waals surface area contributed by atoms with E-state index in [0.29, 0.717) is 0 Å². The summed E-state index contributed by atoms with van der Waals surface area (Å²) in [5.74, 6) is 0. The van der Waals surface area contributed by atoms with Crippen LogP contribution in [0.15, 0.2) is 24.5 Å². The van der Waals surface area contributed by atoms with Crippen LogP contribution in [-0.2, 0) is 22.4 Å². The number of nitrogens with one attached hydrogen (secondary N) is 1. The van der Waals surface area contributed by atoms with Crippen LogP contribution in [-0.4, -0.2) is 9.97 Å². The first kappa shape index (κ1) is 8.81. The normalized spacial score (nSPS) is 9.55. The van der Waals surface area contributed by atoms with Gasteiger partial charge in [-0.25, -0.2) is 4.98 Å². The van der Waals surface area contributed by atoms with Gasteiger partial charge in [0.05, 0.1) is 17.4 Å². The maximum absolute atomic E-state index is 5.73. The molecular weight excluding hydrogens is 255 g/mol. The summed E-state index contributed by atoms with van der Waals surface area (Å²) in [6.07, 6.45) is 1.65. The summed E-state index contributed by atoms with van der Waals surface area (Å²) in [6, 6.07) is 5.56. The van der Waals surface area contributed by atoms with E-state index in [1.165, 1.54) is 0 Å². The van der Waals surface area contributed by atoms with Crippen molar-refractivity contribution in [1.29, 1.82) is 0 Å². The maximum atomic E-state index is 5.73. The van der Waals surface area contributed by atoms with Crippen molar-refractivity contribution in [3.63, 3.8) is 0 Å². The van der Waals surface area contributed by atoms with Crippen molar-refractivity contribution < 1.29 is 22.4 Å². The average Bonchev–Trinajstić information content (AvgIpc) is 2.33. The van der Waals surface area contributed by atoms with Crippen LogP contribution in [0.2, 0.25) is 5.02 Å². The summed E-state index contributed by atoms with van der Waals surface area (Å²) in [5.41, 5.74) is 1.93. The summed E-state index contributed by atoms with van der Waals surface area (Å²) in [7, 11) is 0. The molecule has 1 heterocycles. The van der Waals surface area contributed by atoms with Crippen LogP contribution < -0.4 is 0 Å². The minimum absolute atomic E-state index is 0. The first-order valence-corrected chi connectivity index (χ1v) is 3.33. The number of hydrogen-bond donors (Lipinski definition) is 1. The molecule has 0 spiro atoms. The van der Waals surface area contributed by atoms with Gasteiger partial charge in [-0.2, -0.15) is 0 Å². The van der Waals surface area contributed by atoms with Crippen molar-refractivity contribution >= 4 is 22.6 Å². The quantitative estimate of drug-likeness (QED) is 0.723. The molecule has 0 unspecified atom stereocenters. The SMILES string of the molecule is Clc1ccc2nc[nH]c2c1.[Ag]. The van der Waals surface area contributed by atoms with E-state index in [0.717, 1.165) is 16.1 Å². The van der Waals surface area contributed by atoms with Gasteiger partial charge in [-0.1, -0.05) is 11.6 Å². The first-order chi connectivity index (χ1) is 4.86. The number of halogens is 1. The molecular formula is C7H5AgClN2. The molecule has 4 heteroatoms. The number of H-pyrrole nitrogens is 1. The fraction of sp³-hybridized carbons (Fsp3) is 0. The molecule has 0 aliphatic carbocycles. The minimum atomic E-state index is 0. The number of benzene rings is 1. The van der Waals surface area contributed by atoms with Crippen LogP contribution in [0.25, 0.3) is 11.0 Å². The molecule has 1 aromatic carbocycles. The van der Waals surface area contributed by atoms with E-state index in [9.17, 15) is 0 Å². The zero-order valence-electron chi connectivity index (χ0n) is 5.44. The van der Waals surface area contributed by atoms with Crippen molar-refractivity contribution in [1.82, 2.24) is 9.97 Å². The van der Waals surface area contributed by atoms with E-state index in [1.54, 1.807) is 6.33 Å². The summed E-state index contributed by atoms with van der Waals surface area (Å²) in [5, 5.41) is 0.733. The van der Waals surface area contributed by atoms with Crippen LogP contribution in [0.4, 0.5) is 0 Å². The molecule has 2 rings (SSSR count). The number of aromatic nitrogens is 2. The van der Waals surface area contributed by atoms with Gasteiger partial charge in [-0.15, -0.1) is 0 Å². The number of rotatable bonds is 0. The van der Waals surface area contributed by atoms with Gasteiger partial charge < -0.3 is 4.98 Å². The molecule has 0 bridgehead atoms. The number of hydrogen-bond acceptors (Lipinski definition) is 1. The summed E-state index contributed by atoms with van der Waals surface area (Å²) in [4.78, 5) is 7.01. The van der Waals surface area contributed by atoms with E-state index in [2.05, 4.69) is 9.97 Å². The van der Waals surface area contributed by atoms with E-state index in [4.69, 9.17) is 11.6 Å².